The fraction of sp³-hybridized carbons (Fsp3) is 0.222. The maximum absolute atomic E-state index is 12.2. The lowest BCUT2D eigenvalue weighted by molar-refractivity contribution is -0.130. The average molecular weight is 309 g/mol. The van der Waals surface area contributed by atoms with Crippen LogP contribution in [-0.2, 0) is 17.8 Å². The molecule has 23 heavy (non-hydrogen) atoms. The van der Waals surface area contributed by atoms with Gasteiger partial charge in [0.15, 0.2) is 0 Å². The van der Waals surface area contributed by atoms with Crippen LogP contribution in [-0.4, -0.2) is 27.6 Å². The Kier molecular flexibility index (Phi) is 4.57. The van der Waals surface area contributed by atoms with Crippen molar-refractivity contribution in [1.82, 2.24) is 14.7 Å². The molecule has 0 spiro atoms. The zero-order valence-electron chi connectivity index (χ0n) is 13.1. The minimum atomic E-state index is 0.0915. The largest absolute Gasteiger partial charge is 0.469 e. The van der Waals surface area contributed by atoms with Crippen molar-refractivity contribution < 1.29 is 9.21 Å². The Bertz CT molecular complexity index is 748. The molecule has 118 valence electrons. The van der Waals surface area contributed by atoms with E-state index >= 15 is 0 Å². The van der Waals surface area contributed by atoms with Gasteiger partial charge in [-0.05, 0) is 24.3 Å². The summed E-state index contributed by atoms with van der Waals surface area (Å²) in [6.07, 6.45) is 6.44. The van der Waals surface area contributed by atoms with Gasteiger partial charge in [0.1, 0.15) is 5.76 Å². The molecule has 0 fully saturated rings. The Morgan fingerprint density at radius 3 is 2.78 bits per heavy atom. The molecule has 1 aromatic carbocycles. The molecule has 3 aromatic rings. The highest BCUT2D eigenvalue weighted by Gasteiger charge is 2.11. The SMILES string of the molecule is CN(Cc1cnn(-c2ccccc2)c1)C(=O)CCc1ccco1. The van der Waals surface area contributed by atoms with Gasteiger partial charge in [0.05, 0.1) is 18.1 Å². The smallest absolute Gasteiger partial charge is 0.223 e. The molecule has 2 aromatic heterocycles. The van der Waals surface area contributed by atoms with Crippen molar-refractivity contribution in [3.63, 3.8) is 0 Å². The van der Waals surface area contributed by atoms with E-state index in [1.807, 2.05) is 60.4 Å². The van der Waals surface area contributed by atoms with Crippen molar-refractivity contribution in [2.45, 2.75) is 19.4 Å². The number of furan rings is 1. The molecule has 3 rings (SSSR count). The third kappa shape index (κ3) is 3.88. The number of carbonyl (C=O) groups is 1. The number of hydrogen-bond acceptors (Lipinski definition) is 3. The van der Waals surface area contributed by atoms with E-state index in [4.69, 9.17) is 4.42 Å². The van der Waals surface area contributed by atoms with Crippen LogP contribution in [0.3, 0.4) is 0 Å². The third-order valence-electron chi connectivity index (χ3n) is 3.67. The number of nitrogens with zero attached hydrogens (tertiary/aromatic N) is 3. The van der Waals surface area contributed by atoms with Gasteiger partial charge in [-0.25, -0.2) is 4.68 Å². The predicted molar refractivity (Wildman–Crippen MR) is 87.1 cm³/mol. The molecule has 0 saturated carbocycles. The summed E-state index contributed by atoms with van der Waals surface area (Å²) in [5.74, 6) is 0.928. The first kappa shape index (κ1) is 15.1. The number of carbonyl (C=O) groups excluding carboxylic acids is 1. The van der Waals surface area contributed by atoms with Crippen LogP contribution in [0.4, 0.5) is 0 Å². The Labute approximate surface area is 135 Å². The first-order chi connectivity index (χ1) is 11.2. The van der Waals surface area contributed by atoms with Crippen molar-refractivity contribution in [1.29, 1.82) is 0 Å². The van der Waals surface area contributed by atoms with Crippen molar-refractivity contribution >= 4 is 5.91 Å². The molecular formula is C18H19N3O2. The second-order valence-corrected chi connectivity index (χ2v) is 5.46. The average Bonchev–Trinajstić information content (AvgIpc) is 3.25. The van der Waals surface area contributed by atoms with Crippen molar-refractivity contribution in [2.24, 2.45) is 0 Å². The minimum Gasteiger partial charge on any atom is -0.469 e. The zero-order valence-corrected chi connectivity index (χ0v) is 13.1. The van der Waals surface area contributed by atoms with Gasteiger partial charge < -0.3 is 9.32 Å². The Morgan fingerprint density at radius 2 is 2.04 bits per heavy atom. The van der Waals surface area contributed by atoms with E-state index in [0.717, 1.165) is 17.0 Å². The number of aryl methyl sites for hydroxylation is 1. The van der Waals surface area contributed by atoms with Gasteiger partial charge in [0.25, 0.3) is 0 Å². The number of benzene rings is 1. The van der Waals surface area contributed by atoms with Crippen LogP contribution in [0.15, 0.2) is 65.5 Å². The normalized spacial score (nSPS) is 10.7. The summed E-state index contributed by atoms with van der Waals surface area (Å²) in [6.45, 7) is 0.545. The lowest BCUT2D eigenvalue weighted by atomic mass is 10.2. The molecule has 0 aliphatic carbocycles. The molecule has 0 atom stereocenters. The molecular weight excluding hydrogens is 290 g/mol. The highest BCUT2D eigenvalue weighted by Crippen LogP contribution is 2.10. The van der Waals surface area contributed by atoms with Gasteiger partial charge in [-0.1, -0.05) is 18.2 Å². The number of aromatic nitrogens is 2. The number of amides is 1. The molecule has 5 nitrogen and oxygen atoms in total. The van der Waals surface area contributed by atoms with Crippen molar-refractivity contribution in [3.8, 4) is 5.69 Å². The van der Waals surface area contributed by atoms with E-state index in [0.29, 0.717) is 19.4 Å². The van der Waals surface area contributed by atoms with Gasteiger partial charge >= 0.3 is 0 Å². The maximum atomic E-state index is 12.2. The number of hydrogen-bond donors (Lipinski definition) is 0. The predicted octanol–water partition coefficient (Wildman–Crippen LogP) is 3.06. The van der Waals surface area contributed by atoms with Crippen LogP contribution in [0.5, 0.6) is 0 Å². The number of para-hydroxylation sites is 1. The summed E-state index contributed by atoms with van der Waals surface area (Å²) in [4.78, 5) is 13.9. The monoisotopic (exact) mass is 309 g/mol. The third-order valence-corrected chi connectivity index (χ3v) is 3.67. The van der Waals surface area contributed by atoms with Crippen LogP contribution < -0.4 is 0 Å². The van der Waals surface area contributed by atoms with Crippen LogP contribution in [0.25, 0.3) is 5.69 Å². The van der Waals surface area contributed by atoms with Crippen molar-refractivity contribution in [3.05, 3.63) is 72.4 Å². The molecule has 0 radical (unpaired) electrons. The summed E-state index contributed by atoms with van der Waals surface area (Å²) in [5.41, 5.74) is 2.01. The highest BCUT2D eigenvalue weighted by atomic mass is 16.3. The van der Waals surface area contributed by atoms with Gasteiger partial charge in [-0.2, -0.15) is 5.10 Å². The highest BCUT2D eigenvalue weighted by molar-refractivity contribution is 5.76. The second kappa shape index (κ2) is 6.96. The fourth-order valence-corrected chi connectivity index (χ4v) is 2.40. The minimum absolute atomic E-state index is 0.0915. The molecule has 5 heteroatoms. The lowest BCUT2D eigenvalue weighted by Gasteiger charge is -2.15. The molecule has 0 unspecified atom stereocenters. The van der Waals surface area contributed by atoms with Gasteiger partial charge in [0, 0.05) is 38.2 Å². The topological polar surface area (TPSA) is 51.3 Å². The summed E-state index contributed by atoms with van der Waals surface area (Å²) < 4.78 is 7.07. The standard InChI is InChI=1S/C18H19N3O2/c1-20(18(22)10-9-17-8-5-11-23-17)13-15-12-19-21(14-15)16-6-3-2-4-7-16/h2-8,11-12,14H,9-10,13H2,1H3. The van der Waals surface area contributed by atoms with Crippen LogP contribution in [0, 0.1) is 0 Å². The molecule has 0 aliphatic rings. The number of rotatable bonds is 6. The zero-order chi connectivity index (χ0) is 16.1. The Hall–Kier alpha value is -2.82. The van der Waals surface area contributed by atoms with E-state index in [1.54, 1.807) is 17.4 Å². The van der Waals surface area contributed by atoms with Crippen LogP contribution >= 0.6 is 0 Å². The molecule has 1 amide bonds. The van der Waals surface area contributed by atoms with Gasteiger partial charge in [-0.3, -0.25) is 4.79 Å². The molecule has 0 bridgehead atoms. The van der Waals surface area contributed by atoms with Crippen LogP contribution in [0.2, 0.25) is 0 Å². The second-order valence-electron chi connectivity index (χ2n) is 5.46. The van der Waals surface area contributed by atoms with E-state index in [2.05, 4.69) is 5.10 Å². The van der Waals surface area contributed by atoms with E-state index in [9.17, 15) is 4.79 Å². The lowest BCUT2D eigenvalue weighted by Crippen LogP contribution is -2.26. The van der Waals surface area contributed by atoms with E-state index < -0.39 is 0 Å². The van der Waals surface area contributed by atoms with E-state index in [1.165, 1.54) is 0 Å². The van der Waals surface area contributed by atoms with E-state index in [-0.39, 0.29) is 5.91 Å². The maximum Gasteiger partial charge on any atom is 0.223 e. The Morgan fingerprint density at radius 1 is 1.22 bits per heavy atom. The van der Waals surface area contributed by atoms with Gasteiger partial charge in [-0.15, -0.1) is 0 Å². The summed E-state index contributed by atoms with van der Waals surface area (Å²) in [7, 11) is 1.81. The quantitative estimate of drug-likeness (QED) is 0.703. The first-order valence-electron chi connectivity index (χ1n) is 7.58. The molecule has 0 N–H and O–H groups in total. The van der Waals surface area contributed by atoms with Gasteiger partial charge in [0.2, 0.25) is 5.91 Å². The van der Waals surface area contributed by atoms with Crippen molar-refractivity contribution in [2.75, 3.05) is 7.05 Å². The Balaban J connectivity index is 1.56. The first-order valence-corrected chi connectivity index (χ1v) is 7.58. The molecule has 2 heterocycles. The molecule has 0 saturated heterocycles. The van der Waals surface area contributed by atoms with Crippen LogP contribution in [0.1, 0.15) is 17.7 Å². The fourth-order valence-electron chi connectivity index (χ4n) is 2.40. The molecule has 0 aliphatic heterocycles. The summed E-state index contributed by atoms with van der Waals surface area (Å²) in [5, 5.41) is 4.35. The summed E-state index contributed by atoms with van der Waals surface area (Å²) in [6, 6.07) is 13.6. The summed E-state index contributed by atoms with van der Waals surface area (Å²) >= 11 is 0.